The molecule has 1 fully saturated rings. The first kappa shape index (κ1) is 13.6. The quantitative estimate of drug-likeness (QED) is 0.854. The van der Waals surface area contributed by atoms with Crippen LogP contribution in [0.2, 0.25) is 0 Å². The van der Waals surface area contributed by atoms with Gasteiger partial charge in [0.2, 0.25) is 0 Å². The molecule has 0 amide bonds. The Morgan fingerprint density at radius 2 is 1.94 bits per heavy atom. The molecule has 0 saturated heterocycles. The smallest absolute Gasteiger partial charge is 0.00461 e. The normalized spacial score (nSPS) is 28.3. The summed E-state index contributed by atoms with van der Waals surface area (Å²) in [6.07, 6.45) is 6.67. The Balaban J connectivity index is 2.07. The third-order valence-corrected chi connectivity index (χ3v) is 4.87. The second-order valence-corrected chi connectivity index (χ2v) is 5.97. The van der Waals surface area contributed by atoms with Gasteiger partial charge >= 0.3 is 0 Å². The average Bonchev–Trinajstić information content (AvgIpc) is 2.41. The molecule has 0 aromatic heterocycles. The van der Waals surface area contributed by atoms with E-state index in [-0.39, 0.29) is 0 Å². The van der Waals surface area contributed by atoms with Crippen molar-refractivity contribution in [2.75, 3.05) is 6.54 Å². The summed E-state index contributed by atoms with van der Waals surface area (Å²) in [5.41, 5.74) is 8.93. The van der Waals surface area contributed by atoms with Gasteiger partial charge in [-0.05, 0) is 61.6 Å². The van der Waals surface area contributed by atoms with Gasteiger partial charge in [0.05, 0.1) is 0 Å². The number of benzene rings is 1. The number of nitrogens with two attached hydrogens (primary N) is 1. The molecule has 0 bridgehead atoms. The molecule has 3 atom stereocenters. The maximum absolute atomic E-state index is 5.97. The molecule has 2 N–H and O–H groups in total. The summed E-state index contributed by atoms with van der Waals surface area (Å²) in [7, 11) is 0. The minimum atomic E-state index is 0.743. The number of rotatable bonds is 4. The van der Waals surface area contributed by atoms with Crippen LogP contribution in [0.25, 0.3) is 0 Å². The molecule has 2 rings (SSSR count). The molecule has 3 unspecified atom stereocenters. The first-order valence-electron chi connectivity index (χ1n) is 7.49. The fraction of sp³-hybridized carbons (Fsp3) is 0.647. The molecule has 1 saturated carbocycles. The lowest BCUT2D eigenvalue weighted by Gasteiger charge is -2.35. The molecule has 1 aromatic rings. The molecular weight excluding hydrogens is 218 g/mol. The van der Waals surface area contributed by atoms with Crippen LogP contribution in [0.1, 0.15) is 43.7 Å². The molecule has 18 heavy (non-hydrogen) atoms. The van der Waals surface area contributed by atoms with Gasteiger partial charge in [0.25, 0.3) is 0 Å². The van der Waals surface area contributed by atoms with Crippen molar-refractivity contribution in [1.29, 1.82) is 0 Å². The van der Waals surface area contributed by atoms with Crippen LogP contribution < -0.4 is 5.73 Å². The molecule has 0 spiro atoms. The molecule has 1 aromatic carbocycles. The average molecular weight is 245 g/mol. The molecule has 0 aliphatic heterocycles. The molecule has 0 heterocycles. The topological polar surface area (TPSA) is 26.0 Å². The summed E-state index contributed by atoms with van der Waals surface area (Å²) < 4.78 is 0. The van der Waals surface area contributed by atoms with E-state index in [2.05, 4.69) is 38.1 Å². The van der Waals surface area contributed by atoms with Gasteiger partial charge in [-0.2, -0.15) is 0 Å². The van der Waals surface area contributed by atoms with E-state index in [0.29, 0.717) is 0 Å². The van der Waals surface area contributed by atoms with Crippen molar-refractivity contribution in [3.8, 4) is 0 Å². The number of aryl methyl sites for hydroxylation is 1. The highest BCUT2D eigenvalue weighted by molar-refractivity contribution is 5.26. The Labute approximate surface area is 112 Å². The minimum Gasteiger partial charge on any atom is -0.330 e. The summed E-state index contributed by atoms with van der Waals surface area (Å²) in [4.78, 5) is 0. The van der Waals surface area contributed by atoms with Crippen molar-refractivity contribution < 1.29 is 0 Å². The largest absolute Gasteiger partial charge is 0.330 e. The fourth-order valence-corrected chi connectivity index (χ4v) is 3.48. The van der Waals surface area contributed by atoms with Crippen LogP contribution in [0.15, 0.2) is 24.3 Å². The Morgan fingerprint density at radius 1 is 1.17 bits per heavy atom. The van der Waals surface area contributed by atoms with E-state index in [1.807, 2.05) is 0 Å². The monoisotopic (exact) mass is 245 g/mol. The maximum Gasteiger partial charge on any atom is -0.00461 e. The Morgan fingerprint density at radius 3 is 2.61 bits per heavy atom. The Hall–Kier alpha value is -0.820. The van der Waals surface area contributed by atoms with Crippen LogP contribution in [0.5, 0.6) is 0 Å². The Kier molecular flexibility index (Phi) is 4.82. The lowest BCUT2D eigenvalue weighted by Crippen LogP contribution is -2.31. The molecule has 0 radical (unpaired) electrons. The number of hydrogen-bond acceptors (Lipinski definition) is 1. The zero-order chi connectivity index (χ0) is 13.0. The van der Waals surface area contributed by atoms with Crippen molar-refractivity contribution in [3.05, 3.63) is 35.4 Å². The van der Waals surface area contributed by atoms with Gasteiger partial charge < -0.3 is 5.73 Å². The molecule has 1 heteroatoms. The van der Waals surface area contributed by atoms with Gasteiger partial charge in [0, 0.05) is 0 Å². The van der Waals surface area contributed by atoms with Crippen molar-refractivity contribution in [2.24, 2.45) is 23.5 Å². The van der Waals surface area contributed by atoms with E-state index in [4.69, 9.17) is 5.73 Å². The van der Waals surface area contributed by atoms with Gasteiger partial charge in [0.15, 0.2) is 0 Å². The van der Waals surface area contributed by atoms with E-state index in [1.54, 1.807) is 0 Å². The summed E-state index contributed by atoms with van der Waals surface area (Å²) >= 11 is 0. The predicted molar refractivity (Wildman–Crippen MR) is 78.5 cm³/mol. The van der Waals surface area contributed by atoms with E-state index in [9.17, 15) is 0 Å². The van der Waals surface area contributed by atoms with Crippen LogP contribution in [0.3, 0.4) is 0 Å². The van der Waals surface area contributed by atoms with Crippen molar-refractivity contribution in [1.82, 2.24) is 0 Å². The predicted octanol–water partition coefficient (Wildman–Crippen LogP) is 3.94. The van der Waals surface area contributed by atoms with Gasteiger partial charge in [-0.1, -0.05) is 44.0 Å². The Bertz CT molecular complexity index is 372. The highest BCUT2D eigenvalue weighted by Gasteiger charge is 2.29. The summed E-state index contributed by atoms with van der Waals surface area (Å²) in [6.45, 7) is 5.43. The molecule has 100 valence electrons. The van der Waals surface area contributed by atoms with E-state index < -0.39 is 0 Å². The van der Waals surface area contributed by atoms with Crippen LogP contribution in [-0.4, -0.2) is 6.54 Å². The summed E-state index contributed by atoms with van der Waals surface area (Å²) in [6, 6.07) is 8.82. The zero-order valence-electron chi connectivity index (χ0n) is 11.9. The highest BCUT2D eigenvalue weighted by atomic mass is 14.6. The molecular formula is C17H27N. The maximum atomic E-state index is 5.97. The van der Waals surface area contributed by atoms with Crippen molar-refractivity contribution >= 4 is 0 Å². The minimum absolute atomic E-state index is 0.743. The number of hydrogen-bond donors (Lipinski definition) is 1. The summed E-state index contributed by atoms with van der Waals surface area (Å²) in [5, 5.41) is 0. The molecule has 1 nitrogen and oxygen atoms in total. The van der Waals surface area contributed by atoms with Crippen LogP contribution in [-0.2, 0) is 6.42 Å². The summed E-state index contributed by atoms with van der Waals surface area (Å²) in [5.74, 6) is 2.48. The first-order valence-corrected chi connectivity index (χ1v) is 7.49. The second kappa shape index (κ2) is 6.38. The van der Waals surface area contributed by atoms with Gasteiger partial charge in [-0.15, -0.1) is 0 Å². The van der Waals surface area contributed by atoms with Gasteiger partial charge in [-0.25, -0.2) is 0 Å². The van der Waals surface area contributed by atoms with Crippen LogP contribution in [0.4, 0.5) is 0 Å². The molecule has 1 aliphatic carbocycles. The zero-order valence-corrected chi connectivity index (χ0v) is 11.9. The van der Waals surface area contributed by atoms with Crippen LogP contribution in [0, 0.1) is 24.7 Å². The lowest BCUT2D eigenvalue weighted by molar-refractivity contribution is 0.179. The second-order valence-electron chi connectivity index (χ2n) is 5.97. The third-order valence-electron chi connectivity index (χ3n) is 4.87. The van der Waals surface area contributed by atoms with Crippen molar-refractivity contribution in [2.45, 2.75) is 46.0 Å². The van der Waals surface area contributed by atoms with Crippen LogP contribution >= 0.6 is 0 Å². The molecule has 1 aliphatic rings. The SMILES string of the molecule is CCC1CCC(CN)C(Cc2ccccc2C)C1. The fourth-order valence-electron chi connectivity index (χ4n) is 3.48. The van der Waals surface area contributed by atoms with Gasteiger partial charge in [0.1, 0.15) is 0 Å². The van der Waals surface area contributed by atoms with E-state index >= 15 is 0 Å². The first-order chi connectivity index (χ1) is 8.74. The van der Waals surface area contributed by atoms with Gasteiger partial charge in [-0.3, -0.25) is 0 Å². The highest BCUT2D eigenvalue weighted by Crippen LogP contribution is 2.37. The third kappa shape index (κ3) is 3.14. The van der Waals surface area contributed by atoms with E-state index in [0.717, 1.165) is 24.3 Å². The van der Waals surface area contributed by atoms with Crippen molar-refractivity contribution in [3.63, 3.8) is 0 Å². The standard InChI is InChI=1S/C17H27N/c1-3-14-8-9-16(12-18)17(10-14)11-15-7-5-4-6-13(15)2/h4-7,14,16-17H,3,8-12,18H2,1-2H3. The van der Waals surface area contributed by atoms with E-state index in [1.165, 1.54) is 43.2 Å². The lowest BCUT2D eigenvalue weighted by atomic mass is 9.71.